The van der Waals surface area contributed by atoms with Crippen LogP contribution in [0.15, 0.2) is 60.6 Å². The lowest BCUT2D eigenvalue weighted by Crippen LogP contribution is -2.55. The van der Waals surface area contributed by atoms with E-state index in [4.69, 9.17) is 9.57 Å². The fraction of sp³-hybridized carbons (Fsp3) is 0.452. The molecule has 1 aromatic heterocycles. The zero-order chi connectivity index (χ0) is 32.2. The number of morpholine rings is 1. The van der Waals surface area contributed by atoms with Crippen LogP contribution < -0.4 is 5.48 Å². The summed E-state index contributed by atoms with van der Waals surface area (Å²) in [5, 5.41) is 0.888. The van der Waals surface area contributed by atoms with Crippen molar-refractivity contribution in [2.24, 2.45) is 0 Å². The minimum Gasteiger partial charge on any atom is -0.379 e. The molecule has 8 nitrogen and oxygen atoms in total. The molecule has 1 amide bonds. The van der Waals surface area contributed by atoms with Crippen molar-refractivity contribution < 1.29 is 40.7 Å². The van der Waals surface area contributed by atoms with Crippen LogP contribution in [0.1, 0.15) is 34.0 Å². The van der Waals surface area contributed by atoms with Gasteiger partial charge in [0.2, 0.25) is 0 Å². The summed E-state index contributed by atoms with van der Waals surface area (Å²) in [6.45, 7) is 6.51. The van der Waals surface area contributed by atoms with Crippen molar-refractivity contribution in [3.63, 3.8) is 0 Å². The molecule has 2 aliphatic rings. The number of ether oxygens (including phenoxy) is 1. The Bertz CT molecular complexity index is 1500. The van der Waals surface area contributed by atoms with Crippen LogP contribution in [0.25, 0.3) is 10.9 Å². The molecule has 2 aliphatic heterocycles. The molecular formula is C31H35F6N5O3. The van der Waals surface area contributed by atoms with E-state index < -0.39 is 41.0 Å². The molecule has 2 fully saturated rings. The van der Waals surface area contributed by atoms with E-state index in [-0.39, 0.29) is 26.1 Å². The monoisotopic (exact) mass is 639 g/mol. The standard InChI is InChI=1S/C31H35F6N5O3/c1-21(39-45-15-12-40-10-13-44-14-11-40)19-41-8-9-42(24(20-41)16-22-18-38-28-5-3-2-4-25(22)28)29(43)26-17-23(30(32,33)34)6-7-27(26)31(35,36)37/h2-7,17-19,24,38-39H,8-16,20H2,1H3/t24-/m1/s1. The highest BCUT2D eigenvalue weighted by atomic mass is 19.4. The molecule has 3 heterocycles. The smallest absolute Gasteiger partial charge is 0.379 e. The molecule has 2 saturated heterocycles. The third kappa shape index (κ3) is 8.10. The Morgan fingerprint density at radius 1 is 1.04 bits per heavy atom. The average molecular weight is 640 g/mol. The van der Waals surface area contributed by atoms with Crippen LogP contribution in [0.4, 0.5) is 26.3 Å². The first-order valence-electron chi connectivity index (χ1n) is 14.6. The molecule has 5 rings (SSSR count). The van der Waals surface area contributed by atoms with Gasteiger partial charge in [-0.05, 0) is 43.2 Å². The predicted octanol–water partition coefficient (Wildman–Crippen LogP) is 5.29. The number of hydrogen-bond acceptors (Lipinski definition) is 6. The lowest BCUT2D eigenvalue weighted by molar-refractivity contribution is -0.141. The summed E-state index contributed by atoms with van der Waals surface area (Å²) in [7, 11) is 0. The van der Waals surface area contributed by atoms with Crippen molar-refractivity contribution in [3.8, 4) is 0 Å². The van der Waals surface area contributed by atoms with Gasteiger partial charge in [0.15, 0.2) is 0 Å². The highest BCUT2D eigenvalue weighted by Crippen LogP contribution is 2.37. The van der Waals surface area contributed by atoms with Crippen molar-refractivity contribution in [2.75, 3.05) is 59.1 Å². The van der Waals surface area contributed by atoms with Crippen LogP contribution >= 0.6 is 0 Å². The van der Waals surface area contributed by atoms with Crippen molar-refractivity contribution >= 4 is 16.8 Å². The lowest BCUT2D eigenvalue weighted by Gasteiger charge is -2.42. The summed E-state index contributed by atoms with van der Waals surface area (Å²) < 4.78 is 87.6. The van der Waals surface area contributed by atoms with Crippen LogP contribution in [0.5, 0.6) is 0 Å². The molecular weight excluding hydrogens is 604 g/mol. The molecule has 0 bridgehead atoms. The Morgan fingerprint density at radius 3 is 2.53 bits per heavy atom. The third-order valence-electron chi connectivity index (χ3n) is 8.01. The van der Waals surface area contributed by atoms with Crippen molar-refractivity contribution in [1.82, 2.24) is 25.2 Å². The molecule has 1 atom stereocenters. The summed E-state index contributed by atoms with van der Waals surface area (Å²) in [4.78, 5) is 27.9. The number of carbonyl (C=O) groups excluding carboxylic acids is 1. The number of nitrogens with zero attached hydrogens (tertiary/aromatic N) is 3. The number of H-pyrrole nitrogens is 1. The Balaban J connectivity index is 1.36. The number of amides is 1. The van der Waals surface area contributed by atoms with E-state index in [1.165, 1.54) is 4.90 Å². The quantitative estimate of drug-likeness (QED) is 0.189. The topological polar surface area (TPSA) is 73.1 Å². The molecule has 0 aliphatic carbocycles. The molecule has 0 saturated carbocycles. The number of aromatic nitrogens is 1. The number of halogens is 6. The number of piperazine rings is 1. The molecule has 45 heavy (non-hydrogen) atoms. The number of aromatic amines is 1. The summed E-state index contributed by atoms with van der Waals surface area (Å²) in [6, 6.07) is 7.83. The van der Waals surface area contributed by atoms with E-state index in [1.807, 2.05) is 35.4 Å². The van der Waals surface area contributed by atoms with Crippen LogP contribution in [-0.4, -0.2) is 90.7 Å². The second-order valence-corrected chi connectivity index (χ2v) is 11.2. The minimum absolute atomic E-state index is 0.00106. The van der Waals surface area contributed by atoms with Crippen LogP contribution in [0.3, 0.4) is 0 Å². The van der Waals surface area contributed by atoms with Gasteiger partial charge in [-0.2, -0.15) is 26.3 Å². The van der Waals surface area contributed by atoms with Crippen LogP contribution in [0, 0.1) is 0 Å². The molecule has 3 aromatic rings. The molecule has 0 unspecified atom stereocenters. The molecule has 0 radical (unpaired) electrons. The fourth-order valence-electron chi connectivity index (χ4n) is 5.76. The van der Waals surface area contributed by atoms with E-state index in [2.05, 4.69) is 15.4 Å². The van der Waals surface area contributed by atoms with Gasteiger partial charge in [-0.25, -0.2) is 0 Å². The van der Waals surface area contributed by atoms with Crippen molar-refractivity contribution in [1.29, 1.82) is 0 Å². The first-order chi connectivity index (χ1) is 21.4. The first-order valence-corrected chi connectivity index (χ1v) is 14.6. The number of carbonyl (C=O) groups is 1. The summed E-state index contributed by atoms with van der Waals surface area (Å²) in [5.41, 5.74) is 1.54. The fourth-order valence-corrected chi connectivity index (χ4v) is 5.76. The molecule has 2 aromatic carbocycles. The third-order valence-corrected chi connectivity index (χ3v) is 8.01. The van der Waals surface area contributed by atoms with Gasteiger partial charge in [-0.1, -0.05) is 18.2 Å². The summed E-state index contributed by atoms with van der Waals surface area (Å²) in [5.74, 6) is -1.09. The number of para-hydroxylation sites is 1. The molecule has 14 heteroatoms. The number of benzene rings is 2. The van der Waals surface area contributed by atoms with Gasteiger partial charge in [0.25, 0.3) is 5.91 Å². The number of hydrogen-bond donors (Lipinski definition) is 2. The van der Waals surface area contributed by atoms with Gasteiger partial charge in [0.05, 0.1) is 48.2 Å². The van der Waals surface area contributed by atoms with Gasteiger partial charge in [-0.15, -0.1) is 0 Å². The second kappa shape index (κ2) is 13.7. The van der Waals surface area contributed by atoms with Crippen molar-refractivity contribution in [3.05, 3.63) is 82.8 Å². The maximum absolute atomic E-state index is 13.9. The zero-order valence-corrected chi connectivity index (χ0v) is 24.7. The van der Waals surface area contributed by atoms with Gasteiger partial charge in [-0.3, -0.25) is 20.0 Å². The minimum atomic E-state index is -5.02. The number of hydroxylamine groups is 1. The highest BCUT2D eigenvalue weighted by Gasteiger charge is 2.41. The SMILES string of the molecule is CC(=CN1CCN(C(=O)c2cc(C(F)(F)F)ccc2C(F)(F)F)[C@H](Cc2c[nH]c3ccccc23)C1)NOCCN1CCOCC1. The van der Waals surface area contributed by atoms with Crippen molar-refractivity contribution in [2.45, 2.75) is 31.7 Å². The van der Waals surface area contributed by atoms with Crippen LogP contribution in [-0.2, 0) is 28.3 Å². The van der Waals surface area contributed by atoms with E-state index in [0.29, 0.717) is 43.7 Å². The molecule has 2 N–H and O–H groups in total. The maximum Gasteiger partial charge on any atom is 0.417 e. The maximum atomic E-state index is 13.9. The predicted molar refractivity (Wildman–Crippen MR) is 155 cm³/mol. The van der Waals surface area contributed by atoms with E-state index in [1.54, 1.807) is 13.1 Å². The Hall–Kier alpha value is -3.75. The Kier molecular flexibility index (Phi) is 9.94. The number of alkyl halides is 6. The summed E-state index contributed by atoms with van der Waals surface area (Å²) >= 11 is 0. The van der Waals surface area contributed by atoms with Gasteiger partial charge in [0.1, 0.15) is 0 Å². The van der Waals surface area contributed by atoms with Gasteiger partial charge >= 0.3 is 12.4 Å². The first kappa shape index (κ1) is 32.6. The van der Waals surface area contributed by atoms with Gasteiger partial charge in [0, 0.05) is 62.6 Å². The second-order valence-electron chi connectivity index (χ2n) is 11.2. The largest absolute Gasteiger partial charge is 0.417 e. The van der Waals surface area contributed by atoms with E-state index >= 15 is 0 Å². The molecule has 0 spiro atoms. The van der Waals surface area contributed by atoms with Gasteiger partial charge < -0.3 is 19.5 Å². The summed E-state index contributed by atoms with van der Waals surface area (Å²) in [6.07, 6.45) is -6.08. The number of allylic oxidation sites excluding steroid dienone is 1. The van der Waals surface area contributed by atoms with E-state index in [9.17, 15) is 31.1 Å². The zero-order valence-electron chi connectivity index (χ0n) is 24.7. The lowest BCUT2D eigenvalue weighted by atomic mass is 9.97. The van der Waals surface area contributed by atoms with E-state index in [0.717, 1.165) is 36.1 Å². The number of fused-ring (bicyclic) bond motifs is 1. The number of rotatable bonds is 9. The average Bonchev–Trinajstić information content (AvgIpc) is 3.41. The number of nitrogens with one attached hydrogen (secondary N) is 2. The molecule has 244 valence electrons. The Labute approximate surface area is 256 Å². The Morgan fingerprint density at radius 2 is 1.80 bits per heavy atom. The normalized spacial score (nSPS) is 18.9. The highest BCUT2D eigenvalue weighted by molar-refractivity contribution is 5.96. The van der Waals surface area contributed by atoms with Crippen LogP contribution in [0.2, 0.25) is 0 Å².